The van der Waals surface area contributed by atoms with Crippen LogP contribution in [-0.2, 0) is 6.42 Å². The summed E-state index contributed by atoms with van der Waals surface area (Å²) in [5.41, 5.74) is 6.95. The first kappa shape index (κ1) is 15.2. The van der Waals surface area contributed by atoms with Crippen molar-refractivity contribution in [2.75, 3.05) is 0 Å². The highest BCUT2D eigenvalue weighted by molar-refractivity contribution is 5.08. The van der Waals surface area contributed by atoms with Gasteiger partial charge in [0.25, 0.3) is 0 Å². The molecule has 3 heteroatoms. The maximum Gasteiger partial charge on any atom is 0.153 e. The molecule has 0 fully saturated rings. The molecular weight excluding hydrogens is 224 g/mol. The second-order valence-corrected chi connectivity index (χ2v) is 5.11. The van der Waals surface area contributed by atoms with Crippen LogP contribution in [0.3, 0.4) is 0 Å². The van der Waals surface area contributed by atoms with E-state index in [4.69, 9.17) is 10.3 Å². The van der Waals surface area contributed by atoms with Gasteiger partial charge in [-0.15, -0.1) is 0 Å². The van der Waals surface area contributed by atoms with Crippen LogP contribution in [0.25, 0.3) is 0 Å². The molecule has 0 amide bonds. The molecule has 1 rings (SSSR count). The highest BCUT2D eigenvalue weighted by Gasteiger charge is 2.10. The summed E-state index contributed by atoms with van der Waals surface area (Å²) in [7, 11) is 0. The van der Waals surface area contributed by atoms with E-state index in [0.29, 0.717) is 0 Å². The van der Waals surface area contributed by atoms with Crippen molar-refractivity contribution < 1.29 is 4.52 Å². The topological polar surface area (TPSA) is 52.0 Å². The van der Waals surface area contributed by atoms with E-state index in [1.807, 2.05) is 6.07 Å². The quantitative estimate of drug-likeness (QED) is 0.629. The van der Waals surface area contributed by atoms with Crippen LogP contribution in [0, 0.1) is 0 Å². The second-order valence-electron chi connectivity index (χ2n) is 5.11. The molecule has 1 unspecified atom stereocenters. The average molecular weight is 252 g/mol. The zero-order valence-electron chi connectivity index (χ0n) is 12.0. The first-order chi connectivity index (χ1) is 8.77. The van der Waals surface area contributed by atoms with Crippen molar-refractivity contribution in [2.24, 2.45) is 5.73 Å². The van der Waals surface area contributed by atoms with Gasteiger partial charge in [0.1, 0.15) is 0 Å². The predicted octanol–water partition coefficient (Wildman–Crippen LogP) is 4.38. The first-order valence-corrected chi connectivity index (χ1v) is 7.49. The van der Waals surface area contributed by atoms with Gasteiger partial charge in [0.15, 0.2) is 5.76 Å². The summed E-state index contributed by atoms with van der Waals surface area (Å²) in [5, 5.41) is 4.08. The lowest BCUT2D eigenvalue weighted by atomic mass is 10.1. The van der Waals surface area contributed by atoms with Gasteiger partial charge in [-0.25, -0.2) is 0 Å². The molecule has 104 valence electrons. The minimum atomic E-state index is 0.000272. The van der Waals surface area contributed by atoms with Crippen molar-refractivity contribution in [1.82, 2.24) is 5.16 Å². The van der Waals surface area contributed by atoms with Crippen LogP contribution in [0.15, 0.2) is 10.6 Å². The normalized spacial score (nSPS) is 12.8. The Morgan fingerprint density at radius 1 is 1.11 bits per heavy atom. The molecule has 1 aromatic rings. The highest BCUT2D eigenvalue weighted by Crippen LogP contribution is 2.16. The van der Waals surface area contributed by atoms with Crippen LogP contribution in [0.4, 0.5) is 0 Å². The first-order valence-electron chi connectivity index (χ1n) is 7.49. The standard InChI is InChI=1S/C15H28N2O/c1-3-5-6-7-8-9-10-11-13-12-15(18-17-13)14(16)4-2/h12,14H,3-11,16H2,1-2H3. The number of hydrogen-bond acceptors (Lipinski definition) is 3. The monoisotopic (exact) mass is 252 g/mol. The summed E-state index contributed by atoms with van der Waals surface area (Å²) in [6, 6.07) is 2.02. The third-order valence-corrected chi connectivity index (χ3v) is 3.42. The SMILES string of the molecule is CCCCCCCCCc1cc(C(N)CC)on1. The lowest BCUT2D eigenvalue weighted by Crippen LogP contribution is -2.06. The molecule has 0 radical (unpaired) electrons. The second kappa shape index (κ2) is 9.15. The maximum atomic E-state index is 5.90. The zero-order chi connectivity index (χ0) is 13.2. The van der Waals surface area contributed by atoms with Crippen molar-refractivity contribution in [3.63, 3.8) is 0 Å². The van der Waals surface area contributed by atoms with E-state index < -0.39 is 0 Å². The molecule has 3 nitrogen and oxygen atoms in total. The molecule has 2 N–H and O–H groups in total. The Morgan fingerprint density at radius 2 is 1.78 bits per heavy atom. The number of rotatable bonds is 10. The van der Waals surface area contributed by atoms with Gasteiger partial charge < -0.3 is 10.3 Å². The molecular formula is C15H28N2O. The lowest BCUT2D eigenvalue weighted by Gasteiger charge is -2.00. The molecule has 1 heterocycles. The van der Waals surface area contributed by atoms with Gasteiger partial charge in [-0.1, -0.05) is 57.5 Å². The lowest BCUT2D eigenvalue weighted by molar-refractivity contribution is 0.353. The number of nitrogens with zero attached hydrogens (tertiary/aromatic N) is 1. The Bertz CT molecular complexity index is 309. The van der Waals surface area contributed by atoms with Crippen molar-refractivity contribution >= 4 is 0 Å². The van der Waals surface area contributed by atoms with Gasteiger partial charge in [0, 0.05) is 6.07 Å². The van der Waals surface area contributed by atoms with Crippen molar-refractivity contribution in [1.29, 1.82) is 0 Å². The fourth-order valence-corrected chi connectivity index (χ4v) is 2.09. The van der Waals surface area contributed by atoms with Gasteiger partial charge in [-0.2, -0.15) is 0 Å². The maximum absolute atomic E-state index is 5.90. The van der Waals surface area contributed by atoms with Crippen LogP contribution in [0.5, 0.6) is 0 Å². The average Bonchev–Trinajstić information content (AvgIpc) is 2.85. The molecule has 1 aromatic heterocycles. The molecule has 0 aliphatic carbocycles. The van der Waals surface area contributed by atoms with Gasteiger partial charge in [0.2, 0.25) is 0 Å². The largest absolute Gasteiger partial charge is 0.359 e. The van der Waals surface area contributed by atoms with Crippen molar-refractivity contribution in [3.8, 4) is 0 Å². The molecule has 0 spiro atoms. The third kappa shape index (κ3) is 5.67. The van der Waals surface area contributed by atoms with Crippen LogP contribution < -0.4 is 5.73 Å². The van der Waals surface area contributed by atoms with E-state index in [2.05, 4.69) is 19.0 Å². The van der Waals surface area contributed by atoms with Gasteiger partial charge in [-0.05, 0) is 19.3 Å². The molecule has 0 aliphatic heterocycles. The molecule has 0 aromatic carbocycles. The number of nitrogens with two attached hydrogens (primary N) is 1. The predicted molar refractivity (Wildman–Crippen MR) is 75.4 cm³/mol. The summed E-state index contributed by atoms with van der Waals surface area (Å²) >= 11 is 0. The number of unbranched alkanes of at least 4 members (excludes halogenated alkanes) is 6. The minimum Gasteiger partial charge on any atom is -0.359 e. The fraction of sp³-hybridized carbons (Fsp3) is 0.800. The van der Waals surface area contributed by atoms with E-state index in [1.165, 1.54) is 44.9 Å². The zero-order valence-corrected chi connectivity index (χ0v) is 12.0. The van der Waals surface area contributed by atoms with E-state index in [1.54, 1.807) is 0 Å². The molecule has 0 saturated carbocycles. The summed E-state index contributed by atoms with van der Waals surface area (Å²) in [6.07, 6.45) is 11.2. The Labute approximate surface area is 111 Å². The number of aromatic nitrogens is 1. The van der Waals surface area contributed by atoms with E-state index in [-0.39, 0.29) is 6.04 Å². The molecule has 1 atom stereocenters. The molecule has 0 aliphatic rings. The Hall–Kier alpha value is -0.830. The van der Waals surface area contributed by atoms with E-state index in [0.717, 1.165) is 24.3 Å². The van der Waals surface area contributed by atoms with Crippen LogP contribution >= 0.6 is 0 Å². The Kier molecular flexibility index (Phi) is 7.74. The Balaban J connectivity index is 2.10. The molecule has 18 heavy (non-hydrogen) atoms. The Morgan fingerprint density at radius 3 is 2.44 bits per heavy atom. The molecule has 0 bridgehead atoms. The van der Waals surface area contributed by atoms with Crippen LogP contribution in [-0.4, -0.2) is 5.16 Å². The highest BCUT2D eigenvalue weighted by atomic mass is 16.5. The fourth-order valence-electron chi connectivity index (χ4n) is 2.09. The minimum absolute atomic E-state index is 0.000272. The van der Waals surface area contributed by atoms with Crippen molar-refractivity contribution in [3.05, 3.63) is 17.5 Å². The van der Waals surface area contributed by atoms with Gasteiger partial charge in [-0.3, -0.25) is 0 Å². The van der Waals surface area contributed by atoms with Crippen LogP contribution in [0.1, 0.15) is 82.7 Å². The third-order valence-electron chi connectivity index (χ3n) is 3.42. The summed E-state index contributed by atoms with van der Waals surface area (Å²) in [4.78, 5) is 0. The summed E-state index contributed by atoms with van der Waals surface area (Å²) < 4.78 is 5.25. The number of aryl methyl sites for hydroxylation is 1. The number of hydrogen-bond donors (Lipinski definition) is 1. The smallest absolute Gasteiger partial charge is 0.153 e. The van der Waals surface area contributed by atoms with E-state index >= 15 is 0 Å². The van der Waals surface area contributed by atoms with Crippen LogP contribution in [0.2, 0.25) is 0 Å². The van der Waals surface area contributed by atoms with Gasteiger partial charge in [0.05, 0.1) is 11.7 Å². The molecule has 0 saturated heterocycles. The summed E-state index contributed by atoms with van der Waals surface area (Å²) in [5.74, 6) is 0.829. The van der Waals surface area contributed by atoms with Gasteiger partial charge >= 0.3 is 0 Å². The van der Waals surface area contributed by atoms with E-state index in [9.17, 15) is 0 Å². The summed E-state index contributed by atoms with van der Waals surface area (Å²) in [6.45, 7) is 4.31. The van der Waals surface area contributed by atoms with Crippen molar-refractivity contribution in [2.45, 2.75) is 77.7 Å².